The van der Waals surface area contributed by atoms with Crippen molar-refractivity contribution in [1.29, 1.82) is 0 Å². The minimum absolute atomic E-state index is 0.0727. The highest BCUT2D eigenvalue weighted by Crippen LogP contribution is 2.60. The standard InChI is InChI=1S/C12H20N2O2/c15-9-5-10(13-6-9)11(16)14-7-12(3-4-12)8-1-2-8/h8-10,13,15H,1-7H2,(H,14,16). The summed E-state index contributed by atoms with van der Waals surface area (Å²) in [6.45, 7) is 1.40. The van der Waals surface area contributed by atoms with E-state index in [1.54, 1.807) is 0 Å². The van der Waals surface area contributed by atoms with Crippen LogP contribution in [0.15, 0.2) is 0 Å². The number of carbonyl (C=O) groups is 1. The highest BCUT2D eigenvalue weighted by atomic mass is 16.3. The lowest BCUT2D eigenvalue weighted by Gasteiger charge is -2.17. The Labute approximate surface area is 95.8 Å². The number of hydrogen-bond donors (Lipinski definition) is 3. The van der Waals surface area contributed by atoms with Gasteiger partial charge in [0, 0.05) is 13.1 Å². The zero-order valence-corrected chi connectivity index (χ0v) is 9.54. The topological polar surface area (TPSA) is 61.4 Å². The Balaban J connectivity index is 1.46. The zero-order chi connectivity index (χ0) is 11.2. The SMILES string of the molecule is O=C(NCC1(C2CC2)CC1)C1CC(O)CN1. The fourth-order valence-electron chi connectivity index (χ4n) is 2.89. The molecule has 3 rings (SSSR count). The van der Waals surface area contributed by atoms with Gasteiger partial charge in [-0.3, -0.25) is 4.79 Å². The van der Waals surface area contributed by atoms with Crippen molar-refractivity contribution in [1.82, 2.24) is 10.6 Å². The second-order valence-corrected chi connectivity index (χ2v) is 5.70. The maximum atomic E-state index is 11.8. The van der Waals surface area contributed by atoms with Gasteiger partial charge in [-0.15, -0.1) is 0 Å². The normalized spacial score (nSPS) is 36.1. The quantitative estimate of drug-likeness (QED) is 0.630. The van der Waals surface area contributed by atoms with Crippen LogP contribution in [-0.2, 0) is 4.79 Å². The second kappa shape index (κ2) is 3.70. The summed E-state index contributed by atoms with van der Waals surface area (Å²) >= 11 is 0. The Hall–Kier alpha value is -0.610. The van der Waals surface area contributed by atoms with Gasteiger partial charge in [0.25, 0.3) is 0 Å². The predicted molar refractivity (Wildman–Crippen MR) is 59.8 cm³/mol. The van der Waals surface area contributed by atoms with Gasteiger partial charge in [-0.25, -0.2) is 0 Å². The van der Waals surface area contributed by atoms with Gasteiger partial charge in [-0.1, -0.05) is 0 Å². The van der Waals surface area contributed by atoms with Gasteiger partial charge in [0.05, 0.1) is 12.1 Å². The molecule has 2 unspecified atom stereocenters. The number of hydrogen-bond acceptors (Lipinski definition) is 3. The van der Waals surface area contributed by atoms with Gasteiger partial charge >= 0.3 is 0 Å². The molecule has 2 saturated carbocycles. The fraction of sp³-hybridized carbons (Fsp3) is 0.917. The fourth-order valence-corrected chi connectivity index (χ4v) is 2.89. The van der Waals surface area contributed by atoms with Crippen molar-refractivity contribution in [2.75, 3.05) is 13.1 Å². The average molecular weight is 224 g/mol. The number of aliphatic hydroxyl groups excluding tert-OH is 1. The van der Waals surface area contributed by atoms with E-state index in [0.29, 0.717) is 18.4 Å². The minimum Gasteiger partial charge on any atom is -0.392 e. The van der Waals surface area contributed by atoms with Crippen LogP contribution in [0.5, 0.6) is 0 Å². The third-order valence-corrected chi connectivity index (χ3v) is 4.37. The molecule has 0 spiro atoms. The summed E-state index contributed by atoms with van der Waals surface area (Å²) in [5, 5.41) is 15.4. The first-order chi connectivity index (χ1) is 7.70. The lowest BCUT2D eigenvalue weighted by atomic mass is 10.0. The first kappa shape index (κ1) is 10.5. The molecule has 1 aliphatic heterocycles. The summed E-state index contributed by atoms with van der Waals surface area (Å²) in [5.74, 6) is 0.957. The average Bonchev–Trinajstić information content (AvgIpc) is 3.14. The van der Waals surface area contributed by atoms with E-state index in [2.05, 4.69) is 10.6 Å². The molecular formula is C12H20N2O2. The predicted octanol–water partition coefficient (Wildman–Crippen LogP) is 0.0156. The third-order valence-electron chi connectivity index (χ3n) is 4.37. The molecule has 16 heavy (non-hydrogen) atoms. The van der Waals surface area contributed by atoms with Gasteiger partial charge in [0.1, 0.15) is 0 Å². The molecule has 3 aliphatic rings. The van der Waals surface area contributed by atoms with Crippen molar-refractivity contribution in [3.8, 4) is 0 Å². The molecule has 1 heterocycles. The van der Waals surface area contributed by atoms with E-state index in [0.717, 1.165) is 12.5 Å². The molecule has 2 atom stereocenters. The van der Waals surface area contributed by atoms with E-state index < -0.39 is 0 Å². The third kappa shape index (κ3) is 1.96. The van der Waals surface area contributed by atoms with Crippen LogP contribution < -0.4 is 10.6 Å². The highest BCUT2D eigenvalue weighted by Gasteiger charge is 2.53. The summed E-state index contributed by atoms with van der Waals surface area (Å²) in [7, 11) is 0. The number of nitrogens with one attached hydrogen (secondary N) is 2. The molecule has 0 radical (unpaired) electrons. The van der Waals surface area contributed by atoms with Crippen LogP contribution >= 0.6 is 0 Å². The molecule has 3 fully saturated rings. The van der Waals surface area contributed by atoms with Crippen LogP contribution in [0.3, 0.4) is 0 Å². The number of β-amino-alcohol motifs (C(OH)–C–C–N with tert-alkyl or cyclic N) is 1. The number of carbonyl (C=O) groups excluding carboxylic acids is 1. The molecule has 2 aliphatic carbocycles. The molecule has 1 saturated heterocycles. The summed E-state index contributed by atoms with van der Waals surface area (Å²) in [4.78, 5) is 11.8. The van der Waals surface area contributed by atoms with Crippen molar-refractivity contribution >= 4 is 5.91 Å². The molecular weight excluding hydrogens is 204 g/mol. The largest absolute Gasteiger partial charge is 0.392 e. The van der Waals surface area contributed by atoms with E-state index in [1.165, 1.54) is 25.7 Å². The van der Waals surface area contributed by atoms with E-state index in [1.807, 2.05) is 0 Å². The first-order valence-electron chi connectivity index (χ1n) is 6.39. The first-order valence-corrected chi connectivity index (χ1v) is 6.39. The summed E-state index contributed by atoms with van der Waals surface area (Å²) < 4.78 is 0. The van der Waals surface area contributed by atoms with Crippen molar-refractivity contribution in [2.24, 2.45) is 11.3 Å². The van der Waals surface area contributed by atoms with Gasteiger partial charge in [-0.2, -0.15) is 0 Å². The molecule has 0 aromatic rings. The highest BCUT2D eigenvalue weighted by molar-refractivity contribution is 5.82. The van der Waals surface area contributed by atoms with E-state index in [4.69, 9.17) is 0 Å². The van der Waals surface area contributed by atoms with Gasteiger partial charge in [0.2, 0.25) is 5.91 Å². The van der Waals surface area contributed by atoms with Crippen LogP contribution in [0, 0.1) is 11.3 Å². The molecule has 0 aromatic carbocycles. The van der Waals surface area contributed by atoms with E-state index >= 15 is 0 Å². The van der Waals surface area contributed by atoms with Crippen molar-refractivity contribution in [2.45, 2.75) is 44.2 Å². The van der Waals surface area contributed by atoms with Crippen LogP contribution in [0.1, 0.15) is 32.1 Å². The van der Waals surface area contributed by atoms with Crippen molar-refractivity contribution < 1.29 is 9.90 Å². The monoisotopic (exact) mass is 224 g/mol. The second-order valence-electron chi connectivity index (χ2n) is 5.70. The minimum atomic E-state index is -0.353. The number of amides is 1. The number of rotatable bonds is 4. The Kier molecular flexibility index (Phi) is 2.44. The Morgan fingerprint density at radius 3 is 2.69 bits per heavy atom. The summed E-state index contributed by atoms with van der Waals surface area (Å²) in [6, 6.07) is -0.176. The molecule has 0 aromatic heterocycles. The maximum absolute atomic E-state index is 11.8. The lowest BCUT2D eigenvalue weighted by Crippen LogP contribution is -2.42. The molecule has 4 nitrogen and oxygen atoms in total. The van der Waals surface area contributed by atoms with E-state index in [-0.39, 0.29) is 18.1 Å². The molecule has 1 amide bonds. The van der Waals surface area contributed by atoms with Crippen molar-refractivity contribution in [3.05, 3.63) is 0 Å². The smallest absolute Gasteiger partial charge is 0.237 e. The van der Waals surface area contributed by atoms with Gasteiger partial charge in [0.15, 0.2) is 0 Å². The Morgan fingerprint density at radius 1 is 1.44 bits per heavy atom. The maximum Gasteiger partial charge on any atom is 0.237 e. The Morgan fingerprint density at radius 2 is 2.19 bits per heavy atom. The van der Waals surface area contributed by atoms with Gasteiger partial charge in [-0.05, 0) is 43.4 Å². The van der Waals surface area contributed by atoms with E-state index in [9.17, 15) is 9.90 Å². The lowest BCUT2D eigenvalue weighted by molar-refractivity contribution is -0.123. The summed E-state index contributed by atoms with van der Waals surface area (Å²) in [6.07, 6.45) is 5.50. The molecule has 90 valence electrons. The van der Waals surface area contributed by atoms with Crippen LogP contribution in [-0.4, -0.2) is 36.2 Å². The Bertz CT molecular complexity index is 297. The van der Waals surface area contributed by atoms with Crippen LogP contribution in [0.4, 0.5) is 0 Å². The molecule has 4 heteroatoms. The van der Waals surface area contributed by atoms with Crippen molar-refractivity contribution in [3.63, 3.8) is 0 Å². The molecule has 3 N–H and O–H groups in total. The molecule has 0 bridgehead atoms. The summed E-state index contributed by atoms with van der Waals surface area (Å²) in [5.41, 5.74) is 0.465. The van der Waals surface area contributed by atoms with Crippen LogP contribution in [0.2, 0.25) is 0 Å². The number of aliphatic hydroxyl groups is 1. The zero-order valence-electron chi connectivity index (χ0n) is 9.54. The van der Waals surface area contributed by atoms with Gasteiger partial charge < -0.3 is 15.7 Å². The van der Waals surface area contributed by atoms with Crippen LogP contribution in [0.25, 0.3) is 0 Å².